The third kappa shape index (κ3) is 3.24. The molecular formula is C18H21N3O4S2. The van der Waals surface area contributed by atoms with E-state index in [2.05, 4.69) is 5.16 Å². The molecule has 1 fully saturated rings. The SMILES string of the molecule is Cc1cc([C@H]2CCCCCN2S(=O)(=O)c2ccc3c(c2)sc(=O)n3C)no1. The van der Waals surface area contributed by atoms with Gasteiger partial charge in [0.2, 0.25) is 10.0 Å². The van der Waals surface area contributed by atoms with Crippen molar-refractivity contribution in [3.8, 4) is 0 Å². The summed E-state index contributed by atoms with van der Waals surface area (Å²) in [4.78, 5) is 12.0. The average molecular weight is 408 g/mol. The number of aromatic nitrogens is 2. The molecule has 0 spiro atoms. The van der Waals surface area contributed by atoms with Gasteiger partial charge in [-0.05, 0) is 38.0 Å². The zero-order valence-electron chi connectivity index (χ0n) is 15.2. The fourth-order valence-electron chi connectivity index (χ4n) is 3.62. The molecule has 1 aromatic carbocycles. The Hall–Kier alpha value is -1.97. The first kappa shape index (κ1) is 18.4. The number of fused-ring (bicyclic) bond motifs is 1. The van der Waals surface area contributed by atoms with E-state index in [1.54, 1.807) is 36.5 Å². The molecule has 2 aromatic heterocycles. The molecule has 27 heavy (non-hydrogen) atoms. The lowest BCUT2D eigenvalue weighted by atomic mass is 10.1. The highest BCUT2D eigenvalue weighted by Crippen LogP contribution is 2.35. The average Bonchev–Trinajstić information content (AvgIpc) is 3.07. The van der Waals surface area contributed by atoms with Crippen LogP contribution in [0.15, 0.2) is 38.5 Å². The largest absolute Gasteiger partial charge is 0.361 e. The van der Waals surface area contributed by atoms with E-state index in [4.69, 9.17) is 4.52 Å². The molecule has 0 radical (unpaired) electrons. The van der Waals surface area contributed by atoms with Crippen LogP contribution in [0.4, 0.5) is 0 Å². The molecule has 0 aliphatic carbocycles. The van der Waals surface area contributed by atoms with E-state index in [0.717, 1.165) is 36.1 Å². The van der Waals surface area contributed by atoms with Crippen LogP contribution in [0.5, 0.6) is 0 Å². The lowest BCUT2D eigenvalue weighted by Crippen LogP contribution is -2.35. The first-order valence-electron chi connectivity index (χ1n) is 8.92. The van der Waals surface area contributed by atoms with Crippen molar-refractivity contribution < 1.29 is 12.9 Å². The highest BCUT2D eigenvalue weighted by Gasteiger charge is 2.35. The number of nitrogens with zero attached hydrogens (tertiary/aromatic N) is 3. The molecule has 4 rings (SSSR count). The van der Waals surface area contributed by atoms with E-state index in [9.17, 15) is 13.2 Å². The normalized spacial score (nSPS) is 19.4. The second kappa shape index (κ2) is 6.88. The van der Waals surface area contributed by atoms with Crippen LogP contribution >= 0.6 is 11.3 Å². The molecule has 1 aliphatic heterocycles. The van der Waals surface area contributed by atoms with E-state index in [-0.39, 0.29) is 15.8 Å². The van der Waals surface area contributed by atoms with Crippen molar-refractivity contribution in [1.82, 2.24) is 14.0 Å². The topological polar surface area (TPSA) is 85.4 Å². The maximum Gasteiger partial charge on any atom is 0.307 e. The van der Waals surface area contributed by atoms with Gasteiger partial charge in [0, 0.05) is 19.7 Å². The van der Waals surface area contributed by atoms with Crippen molar-refractivity contribution in [2.45, 2.75) is 43.5 Å². The van der Waals surface area contributed by atoms with Gasteiger partial charge in [-0.15, -0.1) is 0 Å². The quantitative estimate of drug-likeness (QED) is 0.666. The lowest BCUT2D eigenvalue weighted by Gasteiger charge is -2.27. The Morgan fingerprint density at radius 3 is 2.78 bits per heavy atom. The molecule has 144 valence electrons. The van der Waals surface area contributed by atoms with E-state index in [0.29, 0.717) is 29.1 Å². The van der Waals surface area contributed by atoms with Gasteiger partial charge in [-0.3, -0.25) is 4.79 Å². The molecule has 1 saturated heterocycles. The van der Waals surface area contributed by atoms with Gasteiger partial charge in [0.15, 0.2) is 0 Å². The summed E-state index contributed by atoms with van der Waals surface area (Å²) < 4.78 is 35.8. The number of benzene rings is 1. The van der Waals surface area contributed by atoms with Gasteiger partial charge in [0.1, 0.15) is 11.5 Å². The van der Waals surface area contributed by atoms with Gasteiger partial charge in [0.05, 0.1) is 21.2 Å². The minimum absolute atomic E-state index is 0.106. The van der Waals surface area contributed by atoms with E-state index in [1.165, 1.54) is 4.57 Å². The van der Waals surface area contributed by atoms with Crippen molar-refractivity contribution >= 4 is 31.6 Å². The summed E-state index contributed by atoms with van der Waals surface area (Å²) in [6, 6.07) is 6.37. The first-order valence-corrected chi connectivity index (χ1v) is 11.2. The standard InChI is InChI=1S/C18H21N3O4S2/c1-12-10-14(19-25-12)15-6-4-3-5-9-21(15)27(23,24)13-7-8-16-17(11-13)26-18(22)20(16)2/h7-8,10-11,15H,3-6,9H2,1-2H3/t15-/m1/s1. The molecule has 0 unspecified atom stereocenters. The van der Waals surface area contributed by atoms with Crippen LogP contribution in [0.2, 0.25) is 0 Å². The molecule has 9 heteroatoms. The van der Waals surface area contributed by atoms with Crippen molar-refractivity contribution in [2.24, 2.45) is 7.05 Å². The maximum absolute atomic E-state index is 13.5. The molecule has 0 bridgehead atoms. The third-order valence-corrected chi connectivity index (χ3v) is 7.96. The van der Waals surface area contributed by atoms with Crippen LogP contribution < -0.4 is 4.87 Å². The van der Waals surface area contributed by atoms with E-state index in [1.807, 2.05) is 6.07 Å². The van der Waals surface area contributed by atoms with E-state index >= 15 is 0 Å². The second-order valence-corrected chi connectivity index (χ2v) is 9.78. The summed E-state index contributed by atoms with van der Waals surface area (Å²) >= 11 is 1.06. The summed E-state index contributed by atoms with van der Waals surface area (Å²) in [5, 5.41) is 4.08. The number of hydrogen-bond donors (Lipinski definition) is 0. The molecule has 3 aromatic rings. The molecule has 0 amide bonds. The number of hydrogen-bond acceptors (Lipinski definition) is 6. The summed E-state index contributed by atoms with van der Waals surface area (Å²) in [6.45, 7) is 2.25. The number of aryl methyl sites for hydroxylation is 2. The molecule has 0 N–H and O–H groups in total. The Morgan fingerprint density at radius 2 is 2.04 bits per heavy atom. The van der Waals surface area contributed by atoms with Crippen molar-refractivity contribution in [3.63, 3.8) is 0 Å². The zero-order chi connectivity index (χ0) is 19.2. The minimum atomic E-state index is -3.72. The molecule has 0 saturated carbocycles. The van der Waals surface area contributed by atoms with Crippen molar-refractivity contribution in [3.05, 3.63) is 45.4 Å². The van der Waals surface area contributed by atoms with Crippen LogP contribution in [0.1, 0.15) is 43.2 Å². The van der Waals surface area contributed by atoms with Gasteiger partial charge in [-0.2, -0.15) is 4.31 Å². The number of thiazole rings is 1. The fourth-order valence-corrected chi connectivity index (χ4v) is 6.31. The summed E-state index contributed by atoms with van der Waals surface area (Å²) in [5.74, 6) is 0.669. The third-order valence-electron chi connectivity index (χ3n) is 5.06. The minimum Gasteiger partial charge on any atom is -0.361 e. The van der Waals surface area contributed by atoms with E-state index < -0.39 is 10.0 Å². The Morgan fingerprint density at radius 1 is 1.22 bits per heavy atom. The molecule has 1 aliphatic rings. The van der Waals surface area contributed by atoms with Crippen LogP contribution in [-0.2, 0) is 17.1 Å². The molecule has 1 atom stereocenters. The molecule has 3 heterocycles. The lowest BCUT2D eigenvalue weighted by molar-refractivity contribution is 0.304. The predicted octanol–water partition coefficient (Wildman–Crippen LogP) is 3.20. The summed E-state index contributed by atoms with van der Waals surface area (Å²) in [5.41, 5.74) is 1.40. The Bertz CT molecular complexity index is 1140. The second-order valence-electron chi connectivity index (χ2n) is 6.90. The Balaban J connectivity index is 1.79. The highest BCUT2D eigenvalue weighted by atomic mass is 32.2. The van der Waals surface area contributed by atoms with Crippen LogP contribution in [-0.4, -0.2) is 29.0 Å². The van der Waals surface area contributed by atoms with Crippen molar-refractivity contribution in [2.75, 3.05) is 6.54 Å². The summed E-state index contributed by atoms with van der Waals surface area (Å²) in [6.07, 6.45) is 3.46. The molecule has 7 nitrogen and oxygen atoms in total. The number of rotatable bonds is 3. The molecular weight excluding hydrogens is 386 g/mol. The zero-order valence-corrected chi connectivity index (χ0v) is 16.8. The van der Waals surface area contributed by atoms with Crippen LogP contribution in [0.25, 0.3) is 10.2 Å². The Labute approximate surface area is 161 Å². The first-order chi connectivity index (χ1) is 12.9. The smallest absolute Gasteiger partial charge is 0.307 e. The number of sulfonamides is 1. The van der Waals surface area contributed by atoms with Gasteiger partial charge in [0.25, 0.3) is 0 Å². The van der Waals surface area contributed by atoms with Gasteiger partial charge in [-0.1, -0.05) is 29.3 Å². The monoisotopic (exact) mass is 407 g/mol. The van der Waals surface area contributed by atoms with Gasteiger partial charge < -0.3 is 9.09 Å². The maximum atomic E-state index is 13.5. The van der Waals surface area contributed by atoms with Crippen LogP contribution in [0, 0.1) is 6.92 Å². The Kier molecular flexibility index (Phi) is 4.69. The predicted molar refractivity (Wildman–Crippen MR) is 103 cm³/mol. The summed E-state index contributed by atoms with van der Waals surface area (Å²) in [7, 11) is -2.03. The van der Waals surface area contributed by atoms with Gasteiger partial charge >= 0.3 is 4.87 Å². The fraction of sp³-hybridized carbons (Fsp3) is 0.444. The van der Waals surface area contributed by atoms with Crippen molar-refractivity contribution in [1.29, 1.82) is 0 Å². The highest BCUT2D eigenvalue weighted by molar-refractivity contribution is 7.89. The van der Waals surface area contributed by atoms with Gasteiger partial charge in [-0.25, -0.2) is 8.42 Å². The van der Waals surface area contributed by atoms with Crippen LogP contribution in [0.3, 0.4) is 0 Å².